The van der Waals surface area contributed by atoms with E-state index in [1.54, 1.807) is 0 Å². The summed E-state index contributed by atoms with van der Waals surface area (Å²) in [5.74, 6) is -0.0233. The first kappa shape index (κ1) is 11.4. The second kappa shape index (κ2) is 4.74. The van der Waals surface area contributed by atoms with Gasteiger partial charge in [0, 0.05) is 6.54 Å². The highest BCUT2D eigenvalue weighted by atomic mass is 16.6. The van der Waals surface area contributed by atoms with Crippen molar-refractivity contribution in [3.05, 3.63) is 16.3 Å². The van der Waals surface area contributed by atoms with E-state index in [-0.39, 0.29) is 11.5 Å². The van der Waals surface area contributed by atoms with E-state index in [1.165, 1.54) is 10.9 Å². The normalized spacial score (nSPS) is 10.9. The summed E-state index contributed by atoms with van der Waals surface area (Å²) in [5.41, 5.74) is 5.26. The molecule has 15 heavy (non-hydrogen) atoms. The van der Waals surface area contributed by atoms with Crippen LogP contribution in [-0.4, -0.2) is 40.2 Å². The van der Waals surface area contributed by atoms with Crippen LogP contribution in [0.3, 0.4) is 0 Å². The van der Waals surface area contributed by atoms with Crippen LogP contribution in [-0.2, 0) is 6.54 Å². The van der Waals surface area contributed by atoms with Gasteiger partial charge in [-0.15, -0.1) is 5.10 Å². The fraction of sp³-hybridized carbons (Fsp3) is 0.625. The summed E-state index contributed by atoms with van der Waals surface area (Å²) in [5, 5.41) is 14.3. The zero-order valence-corrected chi connectivity index (χ0v) is 8.88. The number of nitro groups is 1. The molecule has 1 rings (SSSR count). The predicted molar refractivity (Wildman–Crippen MR) is 56.5 cm³/mol. The maximum atomic E-state index is 10.5. The maximum absolute atomic E-state index is 10.5. The third-order valence-corrected chi connectivity index (χ3v) is 1.96. The van der Waals surface area contributed by atoms with Gasteiger partial charge >= 0.3 is 5.69 Å². The standard InChI is InChI=1S/C8H15N5O2/c1-11(2)4-3-5-12-6-7(13(14)15)8(9)10-12/h6H,3-5H2,1-2H3,(H2,9,10). The van der Waals surface area contributed by atoms with E-state index in [0.717, 1.165) is 13.0 Å². The summed E-state index contributed by atoms with van der Waals surface area (Å²) in [7, 11) is 3.94. The summed E-state index contributed by atoms with van der Waals surface area (Å²) in [6, 6.07) is 0. The van der Waals surface area contributed by atoms with Crippen LogP contribution in [0.4, 0.5) is 11.5 Å². The third kappa shape index (κ3) is 3.21. The van der Waals surface area contributed by atoms with Crippen molar-refractivity contribution in [3.8, 4) is 0 Å². The van der Waals surface area contributed by atoms with Crippen LogP contribution in [0.1, 0.15) is 6.42 Å². The van der Waals surface area contributed by atoms with Gasteiger partial charge < -0.3 is 10.6 Å². The van der Waals surface area contributed by atoms with Crippen molar-refractivity contribution in [1.29, 1.82) is 0 Å². The lowest BCUT2D eigenvalue weighted by Crippen LogP contribution is -2.15. The Kier molecular flexibility index (Phi) is 3.62. The number of aromatic nitrogens is 2. The fourth-order valence-corrected chi connectivity index (χ4v) is 1.23. The SMILES string of the molecule is CN(C)CCCn1cc([N+](=O)[O-])c(N)n1. The number of nitrogens with two attached hydrogens (primary N) is 1. The van der Waals surface area contributed by atoms with E-state index in [9.17, 15) is 10.1 Å². The molecule has 0 aliphatic heterocycles. The van der Waals surface area contributed by atoms with Crippen molar-refractivity contribution < 1.29 is 4.92 Å². The van der Waals surface area contributed by atoms with Gasteiger partial charge in [0.05, 0.1) is 4.92 Å². The van der Waals surface area contributed by atoms with Gasteiger partial charge in [0.25, 0.3) is 0 Å². The van der Waals surface area contributed by atoms with Crippen LogP contribution in [0.25, 0.3) is 0 Å². The summed E-state index contributed by atoms with van der Waals surface area (Å²) < 4.78 is 1.51. The van der Waals surface area contributed by atoms with Gasteiger partial charge in [-0.05, 0) is 27.1 Å². The molecule has 2 N–H and O–H groups in total. The minimum Gasteiger partial charge on any atom is -0.376 e. The topological polar surface area (TPSA) is 90.2 Å². The van der Waals surface area contributed by atoms with E-state index in [0.29, 0.717) is 6.54 Å². The van der Waals surface area contributed by atoms with Gasteiger partial charge in [-0.1, -0.05) is 0 Å². The highest BCUT2D eigenvalue weighted by Crippen LogP contribution is 2.18. The molecule has 0 fully saturated rings. The molecule has 0 saturated heterocycles. The molecule has 7 heteroatoms. The molecule has 0 aromatic carbocycles. The summed E-state index contributed by atoms with van der Waals surface area (Å²) >= 11 is 0. The molecule has 0 unspecified atom stereocenters. The van der Waals surface area contributed by atoms with Crippen molar-refractivity contribution in [2.45, 2.75) is 13.0 Å². The largest absolute Gasteiger partial charge is 0.376 e. The molecule has 1 aromatic rings. The Bertz CT molecular complexity index is 347. The van der Waals surface area contributed by atoms with E-state index < -0.39 is 4.92 Å². The molecule has 84 valence electrons. The van der Waals surface area contributed by atoms with Crippen LogP contribution in [0.5, 0.6) is 0 Å². The van der Waals surface area contributed by atoms with Gasteiger partial charge in [-0.25, -0.2) is 0 Å². The average molecular weight is 213 g/mol. The quantitative estimate of drug-likeness (QED) is 0.562. The lowest BCUT2D eigenvalue weighted by molar-refractivity contribution is -0.384. The Morgan fingerprint density at radius 3 is 2.80 bits per heavy atom. The van der Waals surface area contributed by atoms with Crippen molar-refractivity contribution in [3.63, 3.8) is 0 Å². The van der Waals surface area contributed by atoms with Crippen LogP contribution in [0, 0.1) is 10.1 Å². The van der Waals surface area contributed by atoms with Crippen LogP contribution in [0.2, 0.25) is 0 Å². The van der Waals surface area contributed by atoms with Crippen molar-refractivity contribution in [2.75, 3.05) is 26.4 Å². The first-order chi connectivity index (χ1) is 7.00. The lowest BCUT2D eigenvalue weighted by atomic mass is 10.4. The zero-order chi connectivity index (χ0) is 11.4. The number of anilines is 1. The van der Waals surface area contributed by atoms with E-state index in [1.807, 2.05) is 19.0 Å². The van der Waals surface area contributed by atoms with Crippen molar-refractivity contribution in [1.82, 2.24) is 14.7 Å². The predicted octanol–water partition coefficient (Wildman–Crippen LogP) is 0.325. The van der Waals surface area contributed by atoms with E-state index in [4.69, 9.17) is 5.73 Å². The van der Waals surface area contributed by atoms with Crippen LogP contribution < -0.4 is 5.73 Å². The molecule has 1 aromatic heterocycles. The molecule has 0 saturated carbocycles. The highest BCUT2D eigenvalue weighted by molar-refractivity contribution is 5.50. The van der Waals surface area contributed by atoms with E-state index in [2.05, 4.69) is 5.10 Å². The van der Waals surface area contributed by atoms with Crippen molar-refractivity contribution in [2.24, 2.45) is 0 Å². The smallest absolute Gasteiger partial charge is 0.330 e. The molecule has 0 aliphatic rings. The third-order valence-electron chi connectivity index (χ3n) is 1.96. The zero-order valence-electron chi connectivity index (χ0n) is 8.88. The Morgan fingerprint density at radius 1 is 1.67 bits per heavy atom. The molecule has 0 bridgehead atoms. The first-order valence-corrected chi connectivity index (χ1v) is 4.62. The number of hydrogen-bond donors (Lipinski definition) is 1. The highest BCUT2D eigenvalue weighted by Gasteiger charge is 2.15. The molecular formula is C8H15N5O2. The number of rotatable bonds is 5. The van der Waals surface area contributed by atoms with Gasteiger partial charge in [-0.3, -0.25) is 14.8 Å². The van der Waals surface area contributed by atoms with Crippen LogP contribution >= 0.6 is 0 Å². The molecule has 0 amide bonds. The Balaban J connectivity index is 2.56. The molecule has 0 atom stereocenters. The molecule has 0 radical (unpaired) electrons. The van der Waals surface area contributed by atoms with Crippen molar-refractivity contribution >= 4 is 11.5 Å². The molecule has 1 heterocycles. The average Bonchev–Trinajstić information content (AvgIpc) is 2.46. The molecule has 0 aliphatic carbocycles. The van der Waals surface area contributed by atoms with Gasteiger partial charge in [0.2, 0.25) is 5.82 Å². The second-order valence-corrected chi connectivity index (χ2v) is 3.58. The minimum absolute atomic E-state index is 0.0233. The van der Waals surface area contributed by atoms with Gasteiger partial charge in [0.1, 0.15) is 6.20 Å². The van der Waals surface area contributed by atoms with Gasteiger partial charge in [-0.2, -0.15) is 0 Å². The minimum atomic E-state index is -0.523. The first-order valence-electron chi connectivity index (χ1n) is 4.62. The lowest BCUT2D eigenvalue weighted by Gasteiger charge is -2.08. The van der Waals surface area contributed by atoms with Crippen LogP contribution in [0.15, 0.2) is 6.20 Å². The number of hydrogen-bond acceptors (Lipinski definition) is 5. The monoisotopic (exact) mass is 213 g/mol. The molecule has 0 spiro atoms. The molecular weight excluding hydrogens is 198 g/mol. The number of aryl methyl sites for hydroxylation is 1. The Hall–Kier alpha value is -1.63. The molecule has 7 nitrogen and oxygen atoms in total. The Morgan fingerprint density at radius 2 is 2.33 bits per heavy atom. The number of nitrogens with zero attached hydrogens (tertiary/aromatic N) is 4. The maximum Gasteiger partial charge on any atom is 0.330 e. The van der Waals surface area contributed by atoms with Gasteiger partial charge in [0.15, 0.2) is 0 Å². The number of nitrogen functional groups attached to an aromatic ring is 1. The summed E-state index contributed by atoms with van der Waals surface area (Å²) in [6.07, 6.45) is 2.25. The fourth-order valence-electron chi connectivity index (χ4n) is 1.23. The van der Waals surface area contributed by atoms with E-state index >= 15 is 0 Å². The summed E-state index contributed by atoms with van der Waals surface area (Å²) in [4.78, 5) is 12.0. The second-order valence-electron chi connectivity index (χ2n) is 3.58. The Labute approximate surface area is 87.6 Å². The summed E-state index contributed by atoms with van der Waals surface area (Å²) in [6.45, 7) is 1.55.